The molecule has 7 nitrogen and oxygen atoms in total. The van der Waals surface area contributed by atoms with Crippen LogP contribution in [-0.2, 0) is 13.0 Å². The van der Waals surface area contributed by atoms with Crippen molar-refractivity contribution in [1.82, 2.24) is 9.88 Å². The van der Waals surface area contributed by atoms with Gasteiger partial charge in [0.15, 0.2) is 5.13 Å². The third-order valence-electron chi connectivity index (χ3n) is 5.17. The standard InChI is InChI=1S/C20H24N4O3S2/c1-10(2)24-6-5-12-15(9-24)28-19(16(12)18(21)25)23-20-22-17-13(27-4)7-11(26-3)8-14(17)29-20/h7-8,10H,5-6,9H2,1-4H3,(H2,21,25)(H,22,23). The molecule has 2 aromatic heterocycles. The first-order valence-corrected chi connectivity index (χ1v) is 11.0. The number of nitrogens with one attached hydrogen (secondary N) is 1. The van der Waals surface area contributed by atoms with E-state index in [0.717, 1.165) is 40.3 Å². The molecule has 3 heterocycles. The fraction of sp³-hybridized carbons (Fsp3) is 0.400. The molecule has 0 saturated heterocycles. The van der Waals surface area contributed by atoms with Gasteiger partial charge in [0.25, 0.3) is 5.91 Å². The monoisotopic (exact) mass is 432 g/mol. The maximum atomic E-state index is 12.2. The number of carbonyl (C=O) groups is 1. The number of thiophene rings is 1. The number of carbonyl (C=O) groups excluding carboxylic acids is 1. The summed E-state index contributed by atoms with van der Waals surface area (Å²) in [5.41, 5.74) is 8.17. The zero-order valence-electron chi connectivity index (χ0n) is 16.9. The van der Waals surface area contributed by atoms with Crippen LogP contribution in [0.25, 0.3) is 10.2 Å². The number of hydrogen-bond donors (Lipinski definition) is 2. The number of anilines is 2. The van der Waals surface area contributed by atoms with Crippen LogP contribution in [0.2, 0.25) is 0 Å². The van der Waals surface area contributed by atoms with E-state index in [0.29, 0.717) is 28.2 Å². The molecule has 1 aliphatic heterocycles. The van der Waals surface area contributed by atoms with Crippen molar-refractivity contribution in [3.63, 3.8) is 0 Å². The van der Waals surface area contributed by atoms with Crippen LogP contribution in [-0.4, -0.2) is 42.6 Å². The van der Waals surface area contributed by atoms with E-state index in [2.05, 4.69) is 29.0 Å². The van der Waals surface area contributed by atoms with Crippen LogP contribution in [0.3, 0.4) is 0 Å². The average Bonchev–Trinajstić information content (AvgIpc) is 3.26. The van der Waals surface area contributed by atoms with E-state index in [-0.39, 0.29) is 0 Å². The minimum Gasteiger partial charge on any atom is -0.497 e. The summed E-state index contributed by atoms with van der Waals surface area (Å²) >= 11 is 3.08. The Hall–Kier alpha value is -2.36. The van der Waals surface area contributed by atoms with Crippen LogP contribution in [0.5, 0.6) is 11.5 Å². The number of ether oxygens (including phenoxy) is 2. The lowest BCUT2D eigenvalue weighted by molar-refractivity contribution is 0.0999. The van der Waals surface area contributed by atoms with E-state index in [1.165, 1.54) is 16.2 Å². The molecule has 0 spiro atoms. The van der Waals surface area contributed by atoms with Crippen molar-refractivity contribution < 1.29 is 14.3 Å². The van der Waals surface area contributed by atoms with E-state index in [1.54, 1.807) is 25.6 Å². The molecular formula is C20H24N4O3S2. The van der Waals surface area contributed by atoms with Crippen molar-refractivity contribution in [2.45, 2.75) is 32.9 Å². The largest absolute Gasteiger partial charge is 0.497 e. The number of fused-ring (bicyclic) bond motifs is 2. The van der Waals surface area contributed by atoms with Crippen molar-refractivity contribution in [3.8, 4) is 11.5 Å². The fourth-order valence-electron chi connectivity index (χ4n) is 3.61. The second-order valence-electron chi connectivity index (χ2n) is 7.21. The van der Waals surface area contributed by atoms with Crippen molar-refractivity contribution in [2.75, 3.05) is 26.1 Å². The Morgan fingerprint density at radius 3 is 2.72 bits per heavy atom. The molecule has 1 aliphatic rings. The maximum absolute atomic E-state index is 12.2. The van der Waals surface area contributed by atoms with Gasteiger partial charge in [-0.25, -0.2) is 4.98 Å². The Morgan fingerprint density at radius 2 is 2.07 bits per heavy atom. The Kier molecular flexibility index (Phi) is 5.37. The highest BCUT2D eigenvalue weighted by Gasteiger charge is 2.28. The van der Waals surface area contributed by atoms with E-state index in [9.17, 15) is 4.79 Å². The number of primary amides is 1. The summed E-state index contributed by atoms with van der Waals surface area (Å²) in [5, 5.41) is 4.79. The summed E-state index contributed by atoms with van der Waals surface area (Å²) < 4.78 is 11.7. The highest BCUT2D eigenvalue weighted by molar-refractivity contribution is 7.23. The number of nitrogens with zero attached hydrogens (tertiary/aromatic N) is 2. The number of rotatable bonds is 6. The molecule has 29 heavy (non-hydrogen) atoms. The lowest BCUT2D eigenvalue weighted by atomic mass is 10.0. The lowest BCUT2D eigenvalue weighted by Crippen LogP contribution is -2.35. The Morgan fingerprint density at radius 1 is 1.28 bits per heavy atom. The third-order valence-corrected chi connectivity index (χ3v) is 7.22. The third kappa shape index (κ3) is 3.65. The summed E-state index contributed by atoms with van der Waals surface area (Å²) in [4.78, 5) is 20.5. The molecule has 0 fully saturated rings. The molecule has 0 saturated carbocycles. The maximum Gasteiger partial charge on any atom is 0.251 e. The summed E-state index contributed by atoms with van der Waals surface area (Å²) in [7, 11) is 3.23. The van der Waals surface area contributed by atoms with Crippen LogP contribution in [0.1, 0.15) is 34.6 Å². The number of hydrogen-bond acceptors (Lipinski definition) is 8. The van der Waals surface area contributed by atoms with Gasteiger partial charge in [0.1, 0.15) is 22.0 Å². The SMILES string of the molecule is COc1cc(OC)c2nc(Nc3sc4c(c3C(N)=O)CCN(C(C)C)C4)sc2c1. The highest BCUT2D eigenvalue weighted by Crippen LogP contribution is 2.41. The smallest absolute Gasteiger partial charge is 0.251 e. The summed E-state index contributed by atoms with van der Waals surface area (Å²) in [6.07, 6.45) is 0.828. The minimum absolute atomic E-state index is 0.400. The quantitative estimate of drug-likeness (QED) is 0.612. The topological polar surface area (TPSA) is 89.7 Å². The highest BCUT2D eigenvalue weighted by atomic mass is 32.1. The van der Waals surface area contributed by atoms with Crippen LogP contribution < -0.4 is 20.5 Å². The van der Waals surface area contributed by atoms with Gasteiger partial charge >= 0.3 is 0 Å². The molecule has 154 valence electrons. The molecule has 0 bridgehead atoms. The van der Waals surface area contributed by atoms with Crippen LogP contribution in [0.4, 0.5) is 10.1 Å². The molecule has 3 aromatic rings. The number of benzene rings is 1. The van der Waals surface area contributed by atoms with E-state index < -0.39 is 5.91 Å². The van der Waals surface area contributed by atoms with Crippen molar-refractivity contribution >= 4 is 48.9 Å². The molecule has 0 atom stereocenters. The molecule has 4 rings (SSSR count). The molecule has 1 aromatic carbocycles. The lowest BCUT2D eigenvalue weighted by Gasteiger charge is -2.30. The van der Waals surface area contributed by atoms with E-state index >= 15 is 0 Å². The Bertz CT molecular complexity index is 1070. The average molecular weight is 433 g/mol. The second kappa shape index (κ2) is 7.81. The van der Waals surface area contributed by atoms with Gasteiger partial charge in [0, 0.05) is 30.1 Å². The Balaban J connectivity index is 1.72. The number of methoxy groups -OCH3 is 2. The minimum atomic E-state index is -0.400. The van der Waals surface area contributed by atoms with Crippen LogP contribution >= 0.6 is 22.7 Å². The first kappa shape index (κ1) is 19.9. The zero-order valence-corrected chi connectivity index (χ0v) is 18.5. The van der Waals surface area contributed by atoms with Gasteiger partial charge in [-0.3, -0.25) is 9.69 Å². The van der Waals surface area contributed by atoms with Gasteiger partial charge in [-0.1, -0.05) is 11.3 Å². The predicted octanol–water partition coefficient (Wildman–Crippen LogP) is 3.98. The molecule has 0 radical (unpaired) electrons. The van der Waals surface area contributed by atoms with Gasteiger partial charge in [-0.15, -0.1) is 11.3 Å². The Labute approximate surface area is 177 Å². The van der Waals surface area contributed by atoms with Crippen molar-refractivity contribution in [2.24, 2.45) is 5.73 Å². The number of aromatic nitrogens is 1. The number of thiazole rings is 1. The van der Waals surface area contributed by atoms with Gasteiger partial charge in [-0.05, 0) is 31.9 Å². The first-order chi connectivity index (χ1) is 13.9. The summed E-state index contributed by atoms with van der Waals surface area (Å²) in [5.74, 6) is 0.961. The number of nitrogens with two attached hydrogens (primary N) is 1. The molecule has 9 heteroatoms. The summed E-state index contributed by atoms with van der Waals surface area (Å²) in [6, 6.07) is 4.20. The molecule has 1 amide bonds. The molecule has 3 N–H and O–H groups in total. The van der Waals surface area contributed by atoms with Crippen molar-refractivity contribution in [3.05, 3.63) is 28.1 Å². The zero-order chi connectivity index (χ0) is 20.7. The predicted molar refractivity (Wildman–Crippen MR) is 118 cm³/mol. The van der Waals surface area contributed by atoms with Gasteiger partial charge in [-0.2, -0.15) is 0 Å². The first-order valence-electron chi connectivity index (χ1n) is 9.39. The normalized spacial score (nSPS) is 14.2. The molecular weight excluding hydrogens is 408 g/mol. The fourth-order valence-corrected chi connectivity index (χ4v) is 5.87. The summed E-state index contributed by atoms with van der Waals surface area (Å²) in [6.45, 7) is 6.15. The molecule has 0 unspecified atom stereocenters. The van der Waals surface area contributed by atoms with Crippen molar-refractivity contribution in [1.29, 1.82) is 0 Å². The van der Waals surface area contributed by atoms with Gasteiger partial charge < -0.3 is 20.5 Å². The second-order valence-corrected chi connectivity index (χ2v) is 9.34. The van der Waals surface area contributed by atoms with Gasteiger partial charge in [0.05, 0.1) is 24.5 Å². The van der Waals surface area contributed by atoms with Crippen LogP contribution in [0.15, 0.2) is 12.1 Å². The van der Waals surface area contributed by atoms with E-state index in [4.69, 9.17) is 15.2 Å². The molecule has 0 aliphatic carbocycles. The van der Waals surface area contributed by atoms with E-state index in [1.807, 2.05) is 12.1 Å². The van der Waals surface area contributed by atoms with Crippen LogP contribution in [0, 0.1) is 0 Å². The van der Waals surface area contributed by atoms with Gasteiger partial charge in [0.2, 0.25) is 0 Å². The number of amides is 1.